The Kier molecular flexibility index (Phi) is 4.28. The predicted octanol–water partition coefficient (Wildman–Crippen LogP) is 3.65. The maximum Gasteiger partial charge on any atom is 0.218 e. The Labute approximate surface area is 117 Å². The molecule has 0 radical (unpaired) electrons. The second-order valence-corrected chi connectivity index (χ2v) is 6.72. The lowest BCUT2D eigenvalue weighted by atomic mass is 9.76. The largest absolute Gasteiger partial charge is 0.474 e. The average Bonchev–Trinajstić information content (AvgIpc) is 2.34. The predicted molar refractivity (Wildman–Crippen MR) is 76.5 cm³/mol. The van der Waals surface area contributed by atoms with Gasteiger partial charge in [-0.15, -0.1) is 0 Å². The van der Waals surface area contributed by atoms with Crippen LogP contribution in [0, 0.1) is 5.41 Å². The molecule has 0 aliphatic heterocycles. The summed E-state index contributed by atoms with van der Waals surface area (Å²) in [6.45, 7) is 5.11. The van der Waals surface area contributed by atoms with E-state index in [9.17, 15) is 0 Å². The zero-order valence-corrected chi connectivity index (χ0v) is 12.7. The maximum atomic E-state index is 6.01. The molecule has 3 nitrogen and oxygen atoms in total. The van der Waals surface area contributed by atoms with Gasteiger partial charge < -0.3 is 10.5 Å². The minimum atomic E-state index is 0.289. The highest BCUT2D eigenvalue weighted by Gasteiger charge is 2.28. The van der Waals surface area contributed by atoms with Gasteiger partial charge in [0, 0.05) is 22.8 Å². The van der Waals surface area contributed by atoms with Crippen molar-refractivity contribution in [3.63, 3.8) is 0 Å². The third-order valence-corrected chi connectivity index (χ3v) is 4.11. The Balaban J connectivity index is 2.02. The van der Waals surface area contributed by atoms with Crippen LogP contribution in [-0.2, 0) is 6.54 Å². The van der Waals surface area contributed by atoms with E-state index >= 15 is 0 Å². The lowest BCUT2D eigenvalue weighted by Gasteiger charge is -2.34. The van der Waals surface area contributed by atoms with Gasteiger partial charge >= 0.3 is 0 Å². The molecule has 4 heteroatoms. The first-order valence-corrected chi connectivity index (χ1v) is 7.31. The van der Waals surface area contributed by atoms with Crippen molar-refractivity contribution in [2.45, 2.75) is 52.2 Å². The van der Waals surface area contributed by atoms with Crippen molar-refractivity contribution in [3.8, 4) is 5.88 Å². The lowest BCUT2D eigenvalue weighted by Crippen LogP contribution is -2.29. The van der Waals surface area contributed by atoms with Gasteiger partial charge in [-0.25, -0.2) is 4.98 Å². The van der Waals surface area contributed by atoms with Crippen LogP contribution in [-0.4, -0.2) is 11.1 Å². The minimum Gasteiger partial charge on any atom is -0.474 e. The van der Waals surface area contributed by atoms with E-state index < -0.39 is 0 Å². The van der Waals surface area contributed by atoms with Crippen molar-refractivity contribution in [1.29, 1.82) is 0 Å². The molecule has 1 heterocycles. The minimum absolute atomic E-state index is 0.289. The number of hydrogen-bond donors (Lipinski definition) is 1. The third kappa shape index (κ3) is 3.45. The number of nitrogens with zero attached hydrogens (tertiary/aromatic N) is 1. The van der Waals surface area contributed by atoms with Crippen molar-refractivity contribution in [2.75, 3.05) is 0 Å². The monoisotopic (exact) mass is 312 g/mol. The smallest absolute Gasteiger partial charge is 0.218 e. The molecule has 0 spiro atoms. The van der Waals surface area contributed by atoms with Gasteiger partial charge in [-0.2, -0.15) is 0 Å². The molecule has 0 amide bonds. The molecule has 1 aromatic rings. The SMILES string of the molecule is CC1(C)CCC(Oc2ncc(Br)cc2CN)CC1. The number of ether oxygens (including phenoxy) is 1. The first-order chi connectivity index (χ1) is 8.50. The summed E-state index contributed by atoms with van der Waals surface area (Å²) in [5, 5.41) is 0. The summed E-state index contributed by atoms with van der Waals surface area (Å²) < 4.78 is 6.96. The van der Waals surface area contributed by atoms with Crippen molar-refractivity contribution >= 4 is 15.9 Å². The van der Waals surface area contributed by atoms with Crippen LogP contribution in [0.25, 0.3) is 0 Å². The molecular formula is C14H21BrN2O. The number of halogens is 1. The molecule has 0 atom stereocenters. The third-order valence-electron chi connectivity index (χ3n) is 3.68. The molecule has 1 fully saturated rings. The molecule has 2 rings (SSSR count). The molecule has 0 saturated heterocycles. The van der Waals surface area contributed by atoms with Gasteiger partial charge in [0.05, 0.1) is 0 Å². The highest BCUT2D eigenvalue weighted by atomic mass is 79.9. The van der Waals surface area contributed by atoms with E-state index in [4.69, 9.17) is 10.5 Å². The number of nitrogens with two attached hydrogens (primary N) is 1. The van der Waals surface area contributed by atoms with Crippen LogP contribution in [0.5, 0.6) is 5.88 Å². The number of rotatable bonds is 3. The van der Waals surface area contributed by atoms with Crippen LogP contribution in [0.2, 0.25) is 0 Å². The van der Waals surface area contributed by atoms with Crippen molar-refractivity contribution in [3.05, 3.63) is 22.3 Å². The van der Waals surface area contributed by atoms with Crippen LogP contribution in [0.3, 0.4) is 0 Å². The van der Waals surface area contributed by atoms with Gasteiger partial charge in [0.2, 0.25) is 5.88 Å². The van der Waals surface area contributed by atoms with E-state index in [-0.39, 0.29) is 6.10 Å². The summed E-state index contributed by atoms with van der Waals surface area (Å²) in [5.41, 5.74) is 7.16. The van der Waals surface area contributed by atoms with Crippen molar-refractivity contribution in [1.82, 2.24) is 4.98 Å². The normalized spacial score (nSPS) is 19.8. The van der Waals surface area contributed by atoms with Crippen LogP contribution in [0.1, 0.15) is 45.1 Å². The van der Waals surface area contributed by atoms with Crippen molar-refractivity contribution in [2.24, 2.45) is 11.1 Å². The molecule has 0 aromatic carbocycles. The molecule has 1 aliphatic carbocycles. The zero-order chi connectivity index (χ0) is 13.2. The Bertz CT molecular complexity index is 410. The van der Waals surface area contributed by atoms with Gasteiger partial charge in [-0.05, 0) is 53.1 Å². The summed E-state index contributed by atoms with van der Waals surface area (Å²) >= 11 is 3.40. The van der Waals surface area contributed by atoms with Gasteiger partial charge in [0.15, 0.2) is 0 Å². The van der Waals surface area contributed by atoms with Crippen molar-refractivity contribution < 1.29 is 4.74 Å². The molecule has 1 aliphatic rings. The van der Waals surface area contributed by atoms with Crippen LogP contribution in [0.4, 0.5) is 0 Å². The fraction of sp³-hybridized carbons (Fsp3) is 0.643. The van der Waals surface area contributed by atoms with Gasteiger partial charge in [0.1, 0.15) is 6.10 Å². The Morgan fingerprint density at radius 2 is 2.11 bits per heavy atom. The fourth-order valence-corrected chi connectivity index (χ4v) is 2.75. The molecule has 100 valence electrons. The Morgan fingerprint density at radius 1 is 1.44 bits per heavy atom. The van der Waals surface area contributed by atoms with E-state index in [0.29, 0.717) is 17.8 Å². The number of hydrogen-bond acceptors (Lipinski definition) is 3. The summed E-state index contributed by atoms with van der Waals surface area (Å²) in [7, 11) is 0. The average molecular weight is 313 g/mol. The van der Waals surface area contributed by atoms with E-state index in [0.717, 1.165) is 22.9 Å². The second kappa shape index (κ2) is 5.57. The van der Waals surface area contributed by atoms with Crippen LogP contribution < -0.4 is 10.5 Å². The summed E-state index contributed by atoms with van der Waals surface area (Å²) in [6, 6.07) is 1.98. The van der Waals surface area contributed by atoms with Crippen LogP contribution >= 0.6 is 15.9 Å². The highest BCUT2D eigenvalue weighted by molar-refractivity contribution is 9.10. The molecule has 1 aromatic heterocycles. The second-order valence-electron chi connectivity index (χ2n) is 5.80. The fourth-order valence-electron chi connectivity index (χ4n) is 2.37. The van der Waals surface area contributed by atoms with E-state index in [2.05, 4.69) is 34.8 Å². The van der Waals surface area contributed by atoms with E-state index in [1.807, 2.05) is 6.07 Å². The summed E-state index contributed by atoms with van der Waals surface area (Å²) in [4.78, 5) is 4.33. The lowest BCUT2D eigenvalue weighted by molar-refractivity contribution is 0.0940. The standard InChI is InChI=1S/C14H21BrN2O/c1-14(2)5-3-12(4-6-14)18-13-10(8-16)7-11(15)9-17-13/h7,9,12H,3-6,8,16H2,1-2H3. The number of aromatic nitrogens is 1. The Hall–Kier alpha value is -0.610. The van der Waals surface area contributed by atoms with Gasteiger partial charge in [0.25, 0.3) is 0 Å². The molecule has 2 N–H and O–H groups in total. The topological polar surface area (TPSA) is 48.1 Å². The first kappa shape index (κ1) is 13.8. The molecule has 0 unspecified atom stereocenters. The summed E-state index contributed by atoms with van der Waals surface area (Å²) in [6.07, 6.45) is 6.69. The number of pyridine rings is 1. The quantitative estimate of drug-likeness (QED) is 0.926. The van der Waals surface area contributed by atoms with Crippen LogP contribution in [0.15, 0.2) is 16.7 Å². The highest BCUT2D eigenvalue weighted by Crippen LogP contribution is 2.36. The molecule has 18 heavy (non-hydrogen) atoms. The van der Waals surface area contributed by atoms with E-state index in [1.54, 1.807) is 6.20 Å². The van der Waals surface area contributed by atoms with E-state index in [1.165, 1.54) is 12.8 Å². The molecule has 1 saturated carbocycles. The zero-order valence-electron chi connectivity index (χ0n) is 11.1. The summed E-state index contributed by atoms with van der Waals surface area (Å²) in [5.74, 6) is 0.699. The van der Waals surface area contributed by atoms with Gasteiger partial charge in [-0.3, -0.25) is 0 Å². The Morgan fingerprint density at radius 3 is 2.72 bits per heavy atom. The first-order valence-electron chi connectivity index (χ1n) is 6.51. The maximum absolute atomic E-state index is 6.01. The molecule has 0 bridgehead atoms. The molecular weight excluding hydrogens is 292 g/mol. The van der Waals surface area contributed by atoms with Gasteiger partial charge in [-0.1, -0.05) is 13.8 Å².